The Balaban J connectivity index is 1.27. The molecule has 0 bridgehead atoms. The highest BCUT2D eigenvalue weighted by Crippen LogP contribution is 2.41. The standard InChI is InChI=1S/C33H35ClFN3O5S/c1-23(2)44(39,40)17-16-41-14-4-12-33(13-5-15-43-33)25-8-10-30-28(19-25)32(37-22-36-30)38-27-9-11-31(29(34)20-27)42-21-24-6-3-7-26(35)18-24/h3,5-11,15,18-20,22-23H,4,12-14,16-17,21H2,1-2H3,(H,36,37,38). The molecule has 44 heavy (non-hydrogen) atoms. The molecule has 0 fully saturated rings. The first-order valence-corrected chi connectivity index (χ1v) is 16.6. The molecule has 2 heterocycles. The van der Waals surface area contributed by atoms with E-state index in [0.29, 0.717) is 53.7 Å². The molecule has 11 heteroatoms. The van der Waals surface area contributed by atoms with E-state index in [1.807, 2.05) is 30.3 Å². The van der Waals surface area contributed by atoms with Gasteiger partial charge in [-0.25, -0.2) is 22.8 Å². The zero-order valence-electron chi connectivity index (χ0n) is 24.6. The van der Waals surface area contributed by atoms with E-state index >= 15 is 0 Å². The number of fused-ring (bicyclic) bond motifs is 1. The molecule has 1 unspecified atom stereocenters. The number of hydrogen-bond acceptors (Lipinski definition) is 8. The number of nitrogens with zero attached hydrogens (tertiary/aromatic N) is 2. The molecule has 0 radical (unpaired) electrons. The van der Waals surface area contributed by atoms with Crippen LogP contribution in [0, 0.1) is 5.82 Å². The number of benzene rings is 3. The van der Waals surface area contributed by atoms with Crippen molar-refractivity contribution in [2.45, 2.75) is 50.6 Å². The Morgan fingerprint density at radius 1 is 1.09 bits per heavy atom. The molecule has 4 aromatic rings. The maximum Gasteiger partial charge on any atom is 0.154 e. The van der Waals surface area contributed by atoms with Gasteiger partial charge in [0.25, 0.3) is 0 Å². The fourth-order valence-corrected chi connectivity index (χ4v) is 6.05. The van der Waals surface area contributed by atoms with Gasteiger partial charge < -0.3 is 19.5 Å². The number of aromatic nitrogens is 2. The zero-order valence-corrected chi connectivity index (χ0v) is 26.2. The highest BCUT2D eigenvalue weighted by molar-refractivity contribution is 7.91. The number of halogens is 2. The first-order chi connectivity index (χ1) is 21.1. The van der Waals surface area contributed by atoms with Crippen LogP contribution in [0.15, 0.2) is 79.3 Å². The van der Waals surface area contributed by atoms with Gasteiger partial charge in [0.05, 0.1) is 34.4 Å². The first kappa shape index (κ1) is 31.7. The van der Waals surface area contributed by atoms with Crippen molar-refractivity contribution < 1.29 is 27.0 Å². The molecular formula is C33H35ClFN3O5S. The number of ether oxygens (including phenoxy) is 3. The van der Waals surface area contributed by atoms with Crippen LogP contribution in [0.4, 0.5) is 15.9 Å². The minimum Gasteiger partial charge on any atom is -0.490 e. The topological polar surface area (TPSA) is 99.6 Å². The van der Waals surface area contributed by atoms with Crippen LogP contribution in [0.25, 0.3) is 10.9 Å². The Labute approximate surface area is 262 Å². The molecular weight excluding hydrogens is 605 g/mol. The fourth-order valence-electron chi connectivity index (χ4n) is 4.99. The van der Waals surface area contributed by atoms with Gasteiger partial charge in [0, 0.05) is 24.1 Å². The Bertz CT molecular complexity index is 1740. The van der Waals surface area contributed by atoms with Crippen LogP contribution >= 0.6 is 11.6 Å². The van der Waals surface area contributed by atoms with Gasteiger partial charge >= 0.3 is 0 Å². The lowest BCUT2D eigenvalue weighted by atomic mass is 9.86. The summed E-state index contributed by atoms with van der Waals surface area (Å²) in [4.78, 5) is 8.94. The van der Waals surface area contributed by atoms with Crippen LogP contribution < -0.4 is 10.1 Å². The van der Waals surface area contributed by atoms with Crippen molar-refractivity contribution in [3.63, 3.8) is 0 Å². The zero-order chi connectivity index (χ0) is 31.2. The van der Waals surface area contributed by atoms with Crippen molar-refractivity contribution >= 4 is 43.8 Å². The quantitative estimate of drug-likeness (QED) is 0.142. The van der Waals surface area contributed by atoms with E-state index < -0.39 is 20.7 Å². The highest BCUT2D eigenvalue weighted by Gasteiger charge is 2.35. The van der Waals surface area contributed by atoms with Crippen LogP contribution in [-0.4, -0.2) is 42.6 Å². The molecule has 0 saturated carbocycles. The van der Waals surface area contributed by atoms with Gasteiger partial charge in [0.2, 0.25) is 0 Å². The Kier molecular flexibility index (Phi) is 10.0. The molecule has 232 valence electrons. The molecule has 1 atom stereocenters. The second-order valence-corrected chi connectivity index (χ2v) is 14.0. The number of anilines is 2. The molecule has 8 nitrogen and oxygen atoms in total. The van der Waals surface area contributed by atoms with Crippen molar-refractivity contribution in [2.75, 3.05) is 24.3 Å². The molecule has 5 rings (SSSR count). The summed E-state index contributed by atoms with van der Waals surface area (Å²) in [7, 11) is -3.13. The first-order valence-electron chi connectivity index (χ1n) is 14.5. The summed E-state index contributed by atoms with van der Waals surface area (Å²) in [5.74, 6) is 0.788. The lowest BCUT2D eigenvalue weighted by molar-refractivity contribution is 0.0210. The third-order valence-corrected chi connectivity index (χ3v) is 10.0. The predicted octanol–water partition coefficient (Wildman–Crippen LogP) is 7.49. The second kappa shape index (κ2) is 13.9. The maximum atomic E-state index is 13.5. The van der Waals surface area contributed by atoms with Crippen molar-refractivity contribution in [1.82, 2.24) is 9.97 Å². The van der Waals surface area contributed by atoms with Gasteiger partial charge in [-0.15, -0.1) is 0 Å². The average Bonchev–Trinajstić information content (AvgIpc) is 3.48. The van der Waals surface area contributed by atoms with Gasteiger partial charge in [-0.05, 0) is 86.4 Å². The third-order valence-electron chi connectivity index (χ3n) is 7.58. The van der Waals surface area contributed by atoms with E-state index in [0.717, 1.165) is 16.5 Å². The fraction of sp³-hybridized carbons (Fsp3) is 0.333. The monoisotopic (exact) mass is 639 g/mol. The molecule has 1 aliphatic heterocycles. The highest BCUT2D eigenvalue weighted by atomic mass is 35.5. The van der Waals surface area contributed by atoms with Crippen molar-refractivity contribution in [1.29, 1.82) is 0 Å². The maximum absolute atomic E-state index is 13.5. The molecule has 1 aromatic heterocycles. The van der Waals surface area contributed by atoms with E-state index in [-0.39, 0.29) is 24.8 Å². The Hall–Kier alpha value is -3.73. The van der Waals surface area contributed by atoms with Gasteiger partial charge in [-0.1, -0.05) is 29.8 Å². The average molecular weight is 640 g/mol. The summed E-state index contributed by atoms with van der Waals surface area (Å²) < 4.78 is 55.2. The predicted molar refractivity (Wildman–Crippen MR) is 171 cm³/mol. The summed E-state index contributed by atoms with van der Waals surface area (Å²) in [6.07, 6.45) is 7.31. The summed E-state index contributed by atoms with van der Waals surface area (Å²) >= 11 is 6.52. The number of nitrogens with one attached hydrogen (secondary N) is 1. The van der Waals surface area contributed by atoms with Crippen LogP contribution in [0.2, 0.25) is 5.02 Å². The molecule has 0 spiro atoms. The number of rotatable bonds is 14. The number of hydrogen-bond donors (Lipinski definition) is 1. The third kappa shape index (κ3) is 7.67. The molecule has 0 aliphatic carbocycles. The molecule has 1 aliphatic rings. The van der Waals surface area contributed by atoms with Gasteiger partial charge in [-0.3, -0.25) is 0 Å². The molecule has 0 saturated heterocycles. The van der Waals surface area contributed by atoms with E-state index in [1.54, 1.807) is 44.4 Å². The minimum atomic E-state index is -3.13. The summed E-state index contributed by atoms with van der Waals surface area (Å²) in [5.41, 5.74) is 2.59. The normalized spacial score (nSPS) is 16.4. The van der Waals surface area contributed by atoms with Crippen molar-refractivity contribution in [3.8, 4) is 5.75 Å². The van der Waals surface area contributed by atoms with Crippen LogP contribution in [0.3, 0.4) is 0 Å². The van der Waals surface area contributed by atoms with Gasteiger partial charge in [-0.2, -0.15) is 0 Å². The molecule has 1 N–H and O–H groups in total. The van der Waals surface area contributed by atoms with Crippen molar-refractivity contribution in [2.24, 2.45) is 0 Å². The van der Waals surface area contributed by atoms with Gasteiger partial charge in [0.1, 0.15) is 35.9 Å². The van der Waals surface area contributed by atoms with Crippen molar-refractivity contribution in [3.05, 3.63) is 101 Å². The van der Waals surface area contributed by atoms with E-state index in [2.05, 4.69) is 15.3 Å². The molecule has 3 aromatic carbocycles. The van der Waals surface area contributed by atoms with E-state index in [9.17, 15) is 12.8 Å². The van der Waals surface area contributed by atoms with Crippen LogP contribution in [0.5, 0.6) is 5.75 Å². The summed E-state index contributed by atoms with van der Waals surface area (Å²) in [6, 6.07) is 17.6. The summed E-state index contributed by atoms with van der Waals surface area (Å²) in [6.45, 7) is 4.16. The minimum absolute atomic E-state index is 0.0180. The van der Waals surface area contributed by atoms with Crippen LogP contribution in [0.1, 0.15) is 44.2 Å². The molecule has 0 amide bonds. The second-order valence-electron chi connectivity index (χ2n) is 11.0. The lowest BCUT2D eigenvalue weighted by Gasteiger charge is -2.30. The Morgan fingerprint density at radius 2 is 1.95 bits per heavy atom. The lowest BCUT2D eigenvalue weighted by Crippen LogP contribution is -2.26. The van der Waals surface area contributed by atoms with Gasteiger partial charge in [0.15, 0.2) is 9.84 Å². The SMILES string of the molecule is CC(C)S(=O)(=O)CCOCCCC1(c2ccc3ncnc(Nc4ccc(OCc5cccc(F)c5)c(Cl)c4)c3c2)CC=CO1. The number of sulfone groups is 1. The largest absolute Gasteiger partial charge is 0.490 e. The van der Waals surface area contributed by atoms with Crippen LogP contribution in [-0.2, 0) is 31.5 Å². The Morgan fingerprint density at radius 3 is 2.70 bits per heavy atom. The smallest absolute Gasteiger partial charge is 0.154 e. The van der Waals surface area contributed by atoms with E-state index in [1.165, 1.54) is 18.5 Å². The summed E-state index contributed by atoms with van der Waals surface area (Å²) in [5, 5.41) is 4.16. The van der Waals surface area contributed by atoms with E-state index in [4.69, 9.17) is 25.8 Å².